The molecule has 0 aliphatic carbocycles. The minimum Gasteiger partial charge on any atom is -0.467 e. The average molecular weight is 389 g/mol. The minimum absolute atomic E-state index is 0.175. The highest BCUT2D eigenvalue weighted by atomic mass is 19.1. The van der Waals surface area contributed by atoms with Gasteiger partial charge in [0, 0.05) is 32.2 Å². The van der Waals surface area contributed by atoms with Crippen LogP contribution in [-0.4, -0.2) is 37.8 Å². The summed E-state index contributed by atoms with van der Waals surface area (Å²) in [4.78, 5) is 6.57. The van der Waals surface area contributed by atoms with Crippen molar-refractivity contribution in [3.05, 3.63) is 64.7 Å². The summed E-state index contributed by atoms with van der Waals surface area (Å²) < 4.78 is 38.0. The summed E-state index contributed by atoms with van der Waals surface area (Å²) in [5.41, 5.74) is 2.37. The van der Waals surface area contributed by atoms with Crippen molar-refractivity contribution in [1.29, 1.82) is 0 Å². The summed E-state index contributed by atoms with van der Waals surface area (Å²) in [5.74, 6) is 0.844. The molecule has 0 atom stereocenters. The normalized spacial score (nSPS) is 13.6. The molecule has 3 rings (SSSR count). The number of ether oxygens (including phenoxy) is 2. The van der Waals surface area contributed by atoms with Crippen LogP contribution in [0.2, 0.25) is 0 Å². The smallest absolute Gasteiger partial charge is 0.193 e. The third-order valence-electron chi connectivity index (χ3n) is 4.40. The number of benzene rings is 2. The summed E-state index contributed by atoms with van der Waals surface area (Å²) in [6.07, 6.45) is 0.544. The molecule has 0 amide bonds. The van der Waals surface area contributed by atoms with E-state index < -0.39 is 0 Å². The van der Waals surface area contributed by atoms with Gasteiger partial charge in [0.25, 0.3) is 0 Å². The Kier molecular flexibility index (Phi) is 6.81. The molecule has 0 radical (unpaired) electrons. The fourth-order valence-electron chi connectivity index (χ4n) is 3.18. The van der Waals surface area contributed by atoms with Crippen LogP contribution in [0.1, 0.15) is 23.6 Å². The number of hydrogen-bond acceptors (Lipinski definition) is 3. The largest absolute Gasteiger partial charge is 0.467 e. The number of fused-ring (bicyclic) bond motifs is 1. The maximum atomic E-state index is 13.9. The van der Waals surface area contributed by atoms with Crippen LogP contribution in [0, 0.1) is 11.6 Å². The van der Waals surface area contributed by atoms with E-state index >= 15 is 0 Å². The molecule has 1 N–H and O–H groups in total. The Labute approximate surface area is 164 Å². The van der Waals surface area contributed by atoms with Gasteiger partial charge in [0.1, 0.15) is 17.4 Å². The second-order valence-electron chi connectivity index (χ2n) is 6.64. The molecule has 0 bridgehead atoms. The van der Waals surface area contributed by atoms with Gasteiger partial charge in [-0.15, -0.1) is 0 Å². The minimum atomic E-state index is -0.304. The zero-order valence-corrected chi connectivity index (χ0v) is 16.2. The van der Waals surface area contributed by atoms with Gasteiger partial charge in [0.2, 0.25) is 0 Å². The van der Waals surface area contributed by atoms with Gasteiger partial charge < -0.3 is 19.7 Å². The van der Waals surface area contributed by atoms with Crippen molar-refractivity contribution >= 4 is 5.96 Å². The lowest BCUT2D eigenvalue weighted by molar-refractivity contribution is -0.0172. The van der Waals surface area contributed by atoms with E-state index in [1.165, 1.54) is 24.3 Å². The van der Waals surface area contributed by atoms with E-state index in [0.29, 0.717) is 44.4 Å². The first-order valence-corrected chi connectivity index (χ1v) is 9.32. The molecule has 0 saturated heterocycles. The molecule has 28 heavy (non-hydrogen) atoms. The molecule has 0 saturated carbocycles. The van der Waals surface area contributed by atoms with Gasteiger partial charge >= 0.3 is 0 Å². The van der Waals surface area contributed by atoms with Crippen molar-refractivity contribution in [2.75, 3.05) is 26.9 Å². The molecule has 1 heterocycles. The second kappa shape index (κ2) is 9.50. The van der Waals surface area contributed by atoms with E-state index in [1.54, 1.807) is 6.07 Å². The van der Waals surface area contributed by atoms with Gasteiger partial charge in [-0.25, -0.2) is 8.78 Å². The second-order valence-corrected chi connectivity index (χ2v) is 6.64. The highest BCUT2D eigenvalue weighted by Gasteiger charge is 2.17. The van der Waals surface area contributed by atoms with E-state index in [1.807, 2.05) is 24.9 Å². The van der Waals surface area contributed by atoms with Crippen LogP contribution >= 0.6 is 0 Å². The van der Waals surface area contributed by atoms with Crippen molar-refractivity contribution in [3.63, 3.8) is 0 Å². The van der Waals surface area contributed by atoms with Gasteiger partial charge in [0.15, 0.2) is 12.8 Å². The highest BCUT2D eigenvalue weighted by Crippen LogP contribution is 2.29. The van der Waals surface area contributed by atoms with Crippen molar-refractivity contribution in [2.45, 2.75) is 26.5 Å². The lowest BCUT2D eigenvalue weighted by atomic mass is 10.1. The topological polar surface area (TPSA) is 46.1 Å². The number of guanidine groups is 1. The van der Waals surface area contributed by atoms with Gasteiger partial charge in [-0.1, -0.05) is 12.1 Å². The summed E-state index contributed by atoms with van der Waals surface area (Å²) in [6.45, 7) is 4.22. The average Bonchev–Trinajstić information content (AvgIpc) is 2.67. The predicted octanol–water partition coefficient (Wildman–Crippen LogP) is 3.47. The Morgan fingerprint density at radius 3 is 2.86 bits per heavy atom. The van der Waals surface area contributed by atoms with Crippen LogP contribution in [0.25, 0.3) is 0 Å². The van der Waals surface area contributed by atoms with Crippen molar-refractivity contribution < 1.29 is 18.3 Å². The first-order chi connectivity index (χ1) is 13.6. The number of aliphatic imine (C=N–C) groups is 1. The van der Waals surface area contributed by atoms with Gasteiger partial charge in [0.05, 0.1) is 6.61 Å². The number of hydrogen-bond donors (Lipinski definition) is 1. The Morgan fingerprint density at radius 1 is 1.21 bits per heavy atom. The summed E-state index contributed by atoms with van der Waals surface area (Å²) in [5, 5.41) is 3.23. The fourth-order valence-corrected chi connectivity index (χ4v) is 3.18. The lowest BCUT2D eigenvalue weighted by Gasteiger charge is -2.23. The van der Waals surface area contributed by atoms with Crippen LogP contribution in [0.15, 0.2) is 41.4 Å². The molecule has 0 aromatic heterocycles. The number of nitrogens with one attached hydrogen (secondary N) is 1. The molecule has 0 fully saturated rings. The van der Waals surface area contributed by atoms with E-state index in [9.17, 15) is 8.78 Å². The van der Waals surface area contributed by atoms with Crippen LogP contribution in [0.5, 0.6) is 5.75 Å². The molecule has 0 unspecified atom stereocenters. The van der Waals surface area contributed by atoms with Crippen molar-refractivity contribution in [2.24, 2.45) is 4.99 Å². The van der Waals surface area contributed by atoms with Gasteiger partial charge in [-0.05, 0) is 48.7 Å². The Balaban J connectivity index is 1.68. The molecule has 1 aliphatic heterocycles. The SMILES string of the molecule is CCNC(=NCCc1cc(F)cc2c1OCOC2)N(C)Cc1cccc(F)c1. The van der Waals surface area contributed by atoms with Crippen LogP contribution in [0.4, 0.5) is 8.78 Å². The maximum absolute atomic E-state index is 13.9. The monoisotopic (exact) mass is 389 g/mol. The zero-order valence-electron chi connectivity index (χ0n) is 16.2. The fraction of sp³-hybridized carbons (Fsp3) is 0.381. The van der Waals surface area contributed by atoms with E-state index in [2.05, 4.69) is 10.3 Å². The van der Waals surface area contributed by atoms with E-state index in [4.69, 9.17) is 9.47 Å². The van der Waals surface area contributed by atoms with E-state index in [0.717, 1.165) is 16.7 Å². The zero-order chi connectivity index (χ0) is 19.9. The molecular formula is C21H25F2N3O2. The number of rotatable bonds is 6. The van der Waals surface area contributed by atoms with Crippen LogP contribution in [0.3, 0.4) is 0 Å². The molecule has 2 aromatic rings. The van der Waals surface area contributed by atoms with Crippen molar-refractivity contribution in [1.82, 2.24) is 10.2 Å². The number of nitrogens with zero attached hydrogens (tertiary/aromatic N) is 2. The highest BCUT2D eigenvalue weighted by molar-refractivity contribution is 5.79. The van der Waals surface area contributed by atoms with Gasteiger partial charge in [-0.2, -0.15) is 0 Å². The lowest BCUT2D eigenvalue weighted by Crippen LogP contribution is -2.38. The summed E-state index contributed by atoms with van der Waals surface area (Å²) in [6, 6.07) is 9.44. The molecule has 1 aliphatic rings. The van der Waals surface area contributed by atoms with Crippen molar-refractivity contribution in [3.8, 4) is 5.75 Å². The summed E-state index contributed by atoms with van der Waals surface area (Å²) in [7, 11) is 1.90. The summed E-state index contributed by atoms with van der Waals surface area (Å²) >= 11 is 0. The van der Waals surface area contributed by atoms with E-state index in [-0.39, 0.29) is 18.4 Å². The quantitative estimate of drug-likeness (QED) is 0.607. The third kappa shape index (κ3) is 5.19. The standard InChI is InChI=1S/C21H25F2N3O2/c1-3-24-21(26(2)12-15-5-4-6-18(22)9-15)25-8-7-16-10-19(23)11-17-13-27-14-28-20(16)17/h4-6,9-11H,3,7-8,12-14H2,1-2H3,(H,24,25). The maximum Gasteiger partial charge on any atom is 0.193 e. The Bertz CT molecular complexity index is 842. The molecule has 7 heteroatoms. The molecule has 150 valence electrons. The third-order valence-corrected chi connectivity index (χ3v) is 4.40. The molecule has 0 spiro atoms. The first kappa shape index (κ1) is 20.1. The Hall–Kier alpha value is -2.67. The van der Waals surface area contributed by atoms with Gasteiger partial charge in [-0.3, -0.25) is 4.99 Å². The molecular weight excluding hydrogens is 364 g/mol. The Morgan fingerprint density at radius 2 is 2.07 bits per heavy atom. The number of halogens is 2. The molecule has 5 nitrogen and oxygen atoms in total. The van der Waals surface area contributed by atoms with Crippen LogP contribution in [-0.2, 0) is 24.3 Å². The first-order valence-electron chi connectivity index (χ1n) is 9.32. The van der Waals surface area contributed by atoms with Crippen LogP contribution < -0.4 is 10.1 Å². The molecule has 2 aromatic carbocycles. The predicted molar refractivity (Wildman–Crippen MR) is 104 cm³/mol.